The number of carboxylic acids is 1. The van der Waals surface area contributed by atoms with Crippen LogP contribution in [0.3, 0.4) is 0 Å². The summed E-state index contributed by atoms with van der Waals surface area (Å²) in [6.07, 6.45) is 4.67. The maximum absolute atomic E-state index is 10.5. The largest absolute Gasteiger partial charge is 0.548 e. The molecule has 0 spiro atoms. The first-order valence-corrected chi connectivity index (χ1v) is 26.1. The molecule has 4 aliphatic rings. The van der Waals surface area contributed by atoms with E-state index in [1.807, 2.05) is 32.0 Å². The Hall–Kier alpha value is -6.66. The van der Waals surface area contributed by atoms with Gasteiger partial charge in [0, 0.05) is 77.7 Å². The molecule has 0 fully saturated rings. The molecule has 2 aromatic heterocycles. The van der Waals surface area contributed by atoms with E-state index in [1.165, 1.54) is 84.6 Å². The van der Waals surface area contributed by atoms with Crippen LogP contribution in [-0.4, -0.2) is 59.1 Å². The minimum atomic E-state index is -1.22. The number of carbonyl (C=O) groups is 2. The van der Waals surface area contributed by atoms with Gasteiger partial charge in [-0.1, -0.05) is 139 Å². The number of amides is 1. The van der Waals surface area contributed by atoms with Crippen LogP contribution in [0.15, 0.2) is 146 Å². The van der Waals surface area contributed by atoms with E-state index in [-0.39, 0.29) is 17.9 Å². The molecule has 5 N–H and O–H groups in total. The molecule has 1 amide bonds. The highest BCUT2D eigenvalue weighted by Gasteiger charge is 2.33. The van der Waals surface area contributed by atoms with E-state index in [4.69, 9.17) is 9.47 Å². The zero-order valence-electron chi connectivity index (χ0n) is 40.9. The number of ether oxygens (including phenoxy) is 2. The molecule has 10 nitrogen and oxygen atoms in total. The van der Waals surface area contributed by atoms with Crippen LogP contribution in [0, 0.1) is 5.92 Å². The molecule has 3 atom stereocenters. The van der Waals surface area contributed by atoms with Crippen molar-refractivity contribution in [3.05, 3.63) is 201 Å². The van der Waals surface area contributed by atoms with Gasteiger partial charge in [-0.15, -0.1) is 0 Å². The van der Waals surface area contributed by atoms with Gasteiger partial charge in [-0.25, -0.2) is 0 Å². The van der Waals surface area contributed by atoms with Crippen LogP contribution in [0.2, 0.25) is 0 Å². The number of quaternary nitrogens is 1. The van der Waals surface area contributed by atoms with Crippen LogP contribution in [-0.2, 0) is 47.1 Å². The second-order valence-electron chi connectivity index (χ2n) is 19.2. The lowest BCUT2D eigenvalue weighted by Gasteiger charge is -2.36. The van der Waals surface area contributed by atoms with Gasteiger partial charge >= 0.3 is 0 Å². The molecule has 4 aliphatic heterocycles. The van der Waals surface area contributed by atoms with Crippen molar-refractivity contribution in [2.75, 3.05) is 26.3 Å². The summed E-state index contributed by atoms with van der Waals surface area (Å²) in [5.74, 6) is 0.774. The van der Waals surface area contributed by atoms with Crippen molar-refractivity contribution < 1.29 is 29.5 Å². The maximum Gasteiger partial charge on any atom is 0.217 e. The van der Waals surface area contributed by atoms with Crippen molar-refractivity contribution in [2.45, 2.75) is 82.9 Å². The van der Waals surface area contributed by atoms with E-state index < -0.39 is 12.0 Å². The summed E-state index contributed by atoms with van der Waals surface area (Å²) in [5, 5.41) is 18.9. The summed E-state index contributed by atoms with van der Waals surface area (Å²) in [5.41, 5.74) is 16.3. The number of aromatic amines is 2. The Morgan fingerprint density at radius 1 is 0.704 bits per heavy atom. The number of carbonyl (C=O) groups excluding carboxylic acids is 2. The third-order valence-corrected chi connectivity index (χ3v) is 14.4. The summed E-state index contributed by atoms with van der Waals surface area (Å²) < 4.78 is 11.4. The van der Waals surface area contributed by atoms with Crippen LogP contribution in [0.25, 0.3) is 21.8 Å². The number of rotatable bonds is 9. The average Bonchev–Trinajstić information content (AvgIpc) is 4.22. The Balaban J connectivity index is 0.000000131. The quantitative estimate of drug-likeness (QED) is 0.106. The number of aromatic nitrogens is 2. The van der Waals surface area contributed by atoms with E-state index in [0.717, 1.165) is 75.4 Å². The zero-order valence-corrected chi connectivity index (χ0v) is 42.5. The molecule has 366 valence electrons. The summed E-state index contributed by atoms with van der Waals surface area (Å²) >= 11 is 3.36. The number of nitrogens with two attached hydrogens (primary N) is 1. The molecule has 11 heteroatoms. The second kappa shape index (κ2) is 23.1. The third-order valence-electron chi connectivity index (χ3n) is 13.8. The molecule has 6 heterocycles. The lowest BCUT2D eigenvalue weighted by atomic mass is 9.91. The van der Waals surface area contributed by atoms with Gasteiger partial charge in [-0.2, -0.15) is 0 Å². The fourth-order valence-corrected chi connectivity index (χ4v) is 10.9. The van der Waals surface area contributed by atoms with E-state index in [0.29, 0.717) is 12.5 Å². The van der Waals surface area contributed by atoms with Gasteiger partial charge in [0.2, 0.25) is 5.91 Å². The number of fused-ring (bicyclic) bond motifs is 8. The predicted molar refractivity (Wildman–Crippen MR) is 284 cm³/mol. The lowest BCUT2D eigenvalue weighted by Crippen LogP contribution is -2.87. The maximum atomic E-state index is 10.5. The van der Waals surface area contributed by atoms with E-state index >= 15 is 0 Å². The smallest absolute Gasteiger partial charge is 0.217 e. The van der Waals surface area contributed by atoms with Crippen molar-refractivity contribution in [3.8, 4) is 11.5 Å². The Kier molecular flexibility index (Phi) is 16.0. The SMILES string of the molecule is BrCc1ccccc1.CC(=O)N[C@H](CC(C)C)C(=O)[O-].c1ccc(CN2CCc3c([nH]c4ccccc34)[C@H]2c2ccc3c(c2)CCO3)cc1.c1ccc2c3c([nH]c2c1)[C@@H](c1ccc2c(c1)CCO2)[NH2+]CC3. The first kappa shape index (κ1) is 49.3. The molecular formula is C60H64BrN5O5. The van der Waals surface area contributed by atoms with Crippen LogP contribution >= 0.6 is 15.9 Å². The van der Waals surface area contributed by atoms with Crippen molar-refractivity contribution >= 4 is 49.6 Å². The van der Waals surface area contributed by atoms with E-state index in [1.54, 1.807) is 0 Å². The van der Waals surface area contributed by atoms with Crippen LogP contribution in [0.1, 0.15) is 95.2 Å². The Morgan fingerprint density at radius 2 is 1.25 bits per heavy atom. The summed E-state index contributed by atoms with van der Waals surface area (Å²) in [6.45, 7) is 9.84. The first-order valence-electron chi connectivity index (χ1n) is 25.0. The number of H-pyrrole nitrogens is 2. The number of para-hydroxylation sites is 2. The van der Waals surface area contributed by atoms with Gasteiger partial charge in [0.05, 0.1) is 43.5 Å². The van der Waals surface area contributed by atoms with Gasteiger partial charge in [-0.05, 0) is 94.1 Å². The van der Waals surface area contributed by atoms with Crippen LogP contribution < -0.4 is 25.2 Å². The number of aliphatic carboxylic acids is 1. The predicted octanol–water partition coefficient (Wildman–Crippen LogP) is 9.43. The molecule has 0 saturated heterocycles. The Labute approximate surface area is 425 Å². The van der Waals surface area contributed by atoms with Gasteiger partial charge in [0.1, 0.15) is 11.5 Å². The van der Waals surface area contributed by atoms with Crippen molar-refractivity contribution in [1.82, 2.24) is 20.2 Å². The number of nitrogens with zero attached hydrogens (tertiary/aromatic N) is 1. The number of alkyl halides is 1. The summed E-state index contributed by atoms with van der Waals surface area (Å²) in [7, 11) is 0. The number of benzene rings is 6. The normalized spacial score (nSPS) is 16.8. The highest BCUT2D eigenvalue weighted by atomic mass is 79.9. The molecule has 0 bridgehead atoms. The number of carboxylic acid groups (broad SMARTS) is 1. The van der Waals surface area contributed by atoms with Gasteiger partial charge < -0.3 is 40.0 Å². The van der Waals surface area contributed by atoms with Gasteiger partial charge in [-0.3, -0.25) is 9.69 Å². The number of hydrogen-bond acceptors (Lipinski definition) is 6. The average molecular weight is 1020 g/mol. The fraction of sp³-hybridized carbons (Fsp3) is 0.300. The number of hydrogen-bond donors (Lipinski definition) is 4. The molecule has 71 heavy (non-hydrogen) atoms. The van der Waals surface area contributed by atoms with Crippen molar-refractivity contribution in [2.24, 2.45) is 5.92 Å². The van der Waals surface area contributed by atoms with Gasteiger partial charge in [0.25, 0.3) is 0 Å². The highest BCUT2D eigenvalue weighted by molar-refractivity contribution is 9.08. The molecule has 6 aromatic carbocycles. The monoisotopic (exact) mass is 1010 g/mol. The minimum Gasteiger partial charge on any atom is -0.548 e. The van der Waals surface area contributed by atoms with Gasteiger partial charge in [0.15, 0.2) is 6.04 Å². The molecule has 12 rings (SSSR count). The third kappa shape index (κ3) is 11.8. The minimum absolute atomic E-state index is 0.222. The Bertz CT molecular complexity index is 3080. The zero-order chi connectivity index (χ0) is 49.3. The van der Waals surface area contributed by atoms with E-state index in [9.17, 15) is 14.7 Å². The van der Waals surface area contributed by atoms with Crippen LogP contribution in [0.4, 0.5) is 0 Å². The standard InChI is InChI=1S/C26H24N2O.C19H18N2O.C8H15NO3.C7H7Br/c1-2-6-18(7-3-1)17-28-14-12-22-21-8-4-5-9-23(21)27-25(22)26(28)20-10-11-24-19(16-20)13-15-29-24;1-2-4-16-14(3-1)15-7-9-20-18(19(15)21-16)13-5-6-17-12(11-13)8-10-22-17;1-5(2)4-7(8(11)12)9-6(3)10;8-6-7-4-2-1-3-5-7/h1-11,16,26-27H,12-15,17H2;1-6,11,18,20-21H,7-10H2;5,7H,4H2,1-3H3,(H,9,10)(H,11,12);1-5H,6H2/t26-;18-;7-;/m111./s1. The topological polar surface area (TPSA) is 139 Å². The molecule has 0 saturated carbocycles. The number of nitrogens with one attached hydrogen (secondary N) is 3. The summed E-state index contributed by atoms with van der Waals surface area (Å²) in [6, 6.07) is 51.7. The summed E-state index contributed by atoms with van der Waals surface area (Å²) in [4.78, 5) is 31.0. The second-order valence-corrected chi connectivity index (χ2v) is 19.8. The molecule has 0 radical (unpaired) electrons. The highest BCUT2D eigenvalue weighted by Crippen LogP contribution is 2.41. The van der Waals surface area contributed by atoms with Crippen molar-refractivity contribution in [3.63, 3.8) is 0 Å². The molecule has 0 aliphatic carbocycles. The molecule has 0 unspecified atom stereocenters. The number of halogens is 1. The van der Waals surface area contributed by atoms with Crippen LogP contribution in [0.5, 0.6) is 11.5 Å². The van der Waals surface area contributed by atoms with Crippen molar-refractivity contribution in [1.29, 1.82) is 0 Å². The molecular weight excluding hydrogens is 951 g/mol. The lowest BCUT2D eigenvalue weighted by molar-refractivity contribution is -0.690. The Morgan fingerprint density at radius 3 is 1.83 bits per heavy atom. The fourth-order valence-electron chi connectivity index (χ4n) is 10.5. The van der Waals surface area contributed by atoms with E-state index in [2.05, 4.69) is 169 Å². The first-order chi connectivity index (χ1) is 34.6. The molecule has 8 aromatic rings.